The molecule has 0 saturated heterocycles. The van der Waals surface area contributed by atoms with E-state index >= 15 is 0 Å². The molecule has 2 N–H and O–H groups in total. The van der Waals surface area contributed by atoms with Gasteiger partial charge in [-0.15, -0.1) is 0 Å². The summed E-state index contributed by atoms with van der Waals surface area (Å²) in [6, 6.07) is 6.49. The van der Waals surface area contributed by atoms with Crippen LogP contribution < -0.4 is 5.73 Å². The molecule has 18 heavy (non-hydrogen) atoms. The molecular weight excluding hydrogens is 234 g/mol. The fourth-order valence-electron chi connectivity index (χ4n) is 1.62. The zero-order valence-corrected chi connectivity index (χ0v) is 10.7. The van der Waals surface area contributed by atoms with Crippen LogP contribution in [0.4, 0.5) is 0 Å². The third kappa shape index (κ3) is 3.07. The molecule has 5 nitrogen and oxygen atoms in total. The SMILES string of the molecule is COC(=O)C(C(=O)OC)C(N)c1ccc(C)cc1. The van der Waals surface area contributed by atoms with Crippen molar-refractivity contribution in [2.45, 2.75) is 13.0 Å². The van der Waals surface area contributed by atoms with Crippen LogP contribution >= 0.6 is 0 Å². The van der Waals surface area contributed by atoms with Crippen LogP contribution in [0.5, 0.6) is 0 Å². The van der Waals surface area contributed by atoms with Crippen molar-refractivity contribution in [3.8, 4) is 0 Å². The van der Waals surface area contributed by atoms with Crippen LogP contribution in [0, 0.1) is 12.8 Å². The fraction of sp³-hybridized carbons (Fsp3) is 0.385. The topological polar surface area (TPSA) is 78.6 Å². The number of rotatable bonds is 4. The van der Waals surface area contributed by atoms with Gasteiger partial charge < -0.3 is 15.2 Å². The normalized spacial score (nSPS) is 12.1. The summed E-state index contributed by atoms with van der Waals surface area (Å²) < 4.78 is 9.16. The van der Waals surface area contributed by atoms with Crippen LogP contribution in [0.15, 0.2) is 24.3 Å². The molecule has 0 heterocycles. The second-order valence-electron chi connectivity index (χ2n) is 3.96. The van der Waals surface area contributed by atoms with Gasteiger partial charge in [-0.05, 0) is 12.5 Å². The van der Waals surface area contributed by atoms with Gasteiger partial charge in [0.1, 0.15) is 0 Å². The maximum Gasteiger partial charge on any atom is 0.322 e. The molecule has 0 aliphatic heterocycles. The first kappa shape index (κ1) is 14.2. The summed E-state index contributed by atoms with van der Waals surface area (Å²) in [5.41, 5.74) is 7.69. The molecule has 0 aliphatic rings. The van der Waals surface area contributed by atoms with Crippen molar-refractivity contribution < 1.29 is 19.1 Å². The Kier molecular flexibility index (Phi) is 4.85. The highest BCUT2D eigenvalue weighted by Gasteiger charge is 2.35. The van der Waals surface area contributed by atoms with Crippen LogP contribution in [0.25, 0.3) is 0 Å². The van der Waals surface area contributed by atoms with E-state index in [1.165, 1.54) is 14.2 Å². The minimum absolute atomic E-state index is 0.682. The third-order valence-electron chi connectivity index (χ3n) is 2.73. The number of aryl methyl sites for hydroxylation is 1. The number of nitrogens with two attached hydrogens (primary N) is 1. The van der Waals surface area contributed by atoms with Gasteiger partial charge in [0.05, 0.1) is 20.3 Å². The molecule has 0 spiro atoms. The van der Waals surface area contributed by atoms with E-state index in [0.29, 0.717) is 5.56 Å². The van der Waals surface area contributed by atoms with Crippen LogP contribution in [-0.4, -0.2) is 26.2 Å². The van der Waals surface area contributed by atoms with Crippen molar-refractivity contribution >= 4 is 11.9 Å². The zero-order chi connectivity index (χ0) is 13.7. The minimum Gasteiger partial charge on any atom is -0.468 e. The summed E-state index contributed by atoms with van der Waals surface area (Å²) >= 11 is 0. The predicted octanol–water partition coefficient (Wildman–Crippen LogP) is 0.957. The maximum atomic E-state index is 11.6. The Hall–Kier alpha value is -1.88. The Balaban J connectivity index is 3.02. The molecule has 0 fully saturated rings. The molecule has 0 amide bonds. The van der Waals surface area contributed by atoms with Gasteiger partial charge in [0.2, 0.25) is 0 Å². The first-order chi connectivity index (χ1) is 8.51. The molecule has 1 aromatic carbocycles. The van der Waals surface area contributed by atoms with E-state index in [2.05, 4.69) is 9.47 Å². The van der Waals surface area contributed by atoms with Gasteiger partial charge in [-0.25, -0.2) is 0 Å². The maximum absolute atomic E-state index is 11.6. The molecule has 1 rings (SSSR count). The lowest BCUT2D eigenvalue weighted by atomic mass is 9.93. The summed E-state index contributed by atoms with van der Waals surface area (Å²) in [6.45, 7) is 1.94. The fourth-order valence-corrected chi connectivity index (χ4v) is 1.62. The second kappa shape index (κ2) is 6.16. The molecule has 0 bridgehead atoms. The summed E-state index contributed by atoms with van der Waals surface area (Å²) in [5, 5.41) is 0. The lowest BCUT2D eigenvalue weighted by molar-refractivity contribution is -0.159. The van der Waals surface area contributed by atoms with Crippen LogP contribution in [0.2, 0.25) is 0 Å². The Morgan fingerprint density at radius 1 is 1.06 bits per heavy atom. The quantitative estimate of drug-likeness (QED) is 0.637. The van der Waals surface area contributed by atoms with Crippen molar-refractivity contribution in [2.24, 2.45) is 11.7 Å². The number of benzene rings is 1. The van der Waals surface area contributed by atoms with Gasteiger partial charge in [0, 0.05) is 0 Å². The van der Waals surface area contributed by atoms with Gasteiger partial charge in [-0.2, -0.15) is 0 Å². The average Bonchev–Trinajstić information content (AvgIpc) is 2.39. The first-order valence-electron chi connectivity index (χ1n) is 5.49. The van der Waals surface area contributed by atoms with Gasteiger partial charge in [0.25, 0.3) is 0 Å². The highest BCUT2D eigenvalue weighted by atomic mass is 16.5. The molecule has 1 atom stereocenters. The summed E-state index contributed by atoms with van der Waals surface area (Å²) in [7, 11) is 2.42. The standard InChI is InChI=1S/C13H17NO4/c1-8-4-6-9(7-5-8)11(14)10(12(15)17-2)13(16)18-3/h4-7,10-11H,14H2,1-3H3. The molecule has 0 saturated carbocycles. The van der Waals surface area contributed by atoms with E-state index < -0.39 is 23.9 Å². The Bertz CT molecular complexity index is 411. The van der Waals surface area contributed by atoms with E-state index in [1.54, 1.807) is 12.1 Å². The van der Waals surface area contributed by atoms with Crippen LogP contribution in [0.1, 0.15) is 17.2 Å². The lowest BCUT2D eigenvalue weighted by Gasteiger charge is -2.19. The van der Waals surface area contributed by atoms with Gasteiger partial charge in [-0.3, -0.25) is 9.59 Å². The number of carbonyl (C=O) groups is 2. The molecule has 0 aliphatic carbocycles. The summed E-state index contributed by atoms with van der Waals surface area (Å²) in [6.07, 6.45) is 0. The Morgan fingerprint density at radius 2 is 1.50 bits per heavy atom. The van der Waals surface area contributed by atoms with Crippen molar-refractivity contribution in [3.05, 3.63) is 35.4 Å². The van der Waals surface area contributed by atoms with E-state index in [-0.39, 0.29) is 0 Å². The largest absolute Gasteiger partial charge is 0.468 e. The molecular formula is C13H17NO4. The van der Waals surface area contributed by atoms with Crippen molar-refractivity contribution in [2.75, 3.05) is 14.2 Å². The number of hydrogen-bond donors (Lipinski definition) is 1. The molecule has 5 heteroatoms. The minimum atomic E-state index is -1.15. The van der Waals surface area contributed by atoms with Crippen LogP contribution in [-0.2, 0) is 19.1 Å². The van der Waals surface area contributed by atoms with Gasteiger partial charge in [-0.1, -0.05) is 29.8 Å². The average molecular weight is 251 g/mol. The van der Waals surface area contributed by atoms with Crippen molar-refractivity contribution in [1.29, 1.82) is 0 Å². The summed E-state index contributed by atoms with van der Waals surface area (Å²) in [4.78, 5) is 23.2. The molecule has 98 valence electrons. The van der Waals surface area contributed by atoms with Gasteiger partial charge in [0.15, 0.2) is 5.92 Å². The van der Waals surface area contributed by atoms with E-state index in [9.17, 15) is 9.59 Å². The Labute approximate surface area is 106 Å². The second-order valence-corrected chi connectivity index (χ2v) is 3.96. The van der Waals surface area contributed by atoms with E-state index in [0.717, 1.165) is 5.56 Å². The zero-order valence-electron chi connectivity index (χ0n) is 10.7. The Morgan fingerprint density at radius 3 is 1.89 bits per heavy atom. The number of methoxy groups -OCH3 is 2. The molecule has 0 aromatic heterocycles. The van der Waals surface area contributed by atoms with E-state index in [4.69, 9.17) is 5.73 Å². The molecule has 1 unspecified atom stereocenters. The third-order valence-corrected chi connectivity index (χ3v) is 2.73. The smallest absolute Gasteiger partial charge is 0.322 e. The monoisotopic (exact) mass is 251 g/mol. The van der Waals surface area contributed by atoms with Gasteiger partial charge >= 0.3 is 11.9 Å². The predicted molar refractivity (Wildman–Crippen MR) is 65.6 cm³/mol. The van der Waals surface area contributed by atoms with Crippen molar-refractivity contribution in [3.63, 3.8) is 0 Å². The summed E-state index contributed by atoms with van der Waals surface area (Å²) in [5.74, 6) is -2.55. The number of esters is 2. The number of carbonyl (C=O) groups excluding carboxylic acids is 2. The number of hydrogen-bond acceptors (Lipinski definition) is 5. The molecule has 1 aromatic rings. The van der Waals surface area contributed by atoms with Crippen LogP contribution in [0.3, 0.4) is 0 Å². The number of ether oxygens (including phenoxy) is 2. The van der Waals surface area contributed by atoms with Crippen molar-refractivity contribution in [1.82, 2.24) is 0 Å². The molecule has 0 radical (unpaired) electrons. The highest BCUT2D eigenvalue weighted by Crippen LogP contribution is 2.22. The first-order valence-corrected chi connectivity index (χ1v) is 5.49. The van der Waals surface area contributed by atoms with E-state index in [1.807, 2.05) is 19.1 Å². The highest BCUT2D eigenvalue weighted by molar-refractivity contribution is 5.95. The lowest BCUT2D eigenvalue weighted by Crippen LogP contribution is -2.36.